The van der Waals surface area contributed by atoms with E-state index in [0.717, 1.165) is 16.5 Å². The predicted molar refractivity (Wildman–Crippen MR) is 60.7 cm³/mol. The second kappa shape index (κ2) is 4.75. The molecule has 0 spiro atoms. The molecule has 1 aromatic heterocycles. The number of rotatable bonds is 2. The Balaban J connectivity index is 3.14. The average Bonchev–Trinajstić information content (AvgIpc) is 2.10. The van der Waals surface area contributed by atoms with E-state index in [1.165, 1.54) is 0 Å². The number of anilines is 1. The number of nitrogens with zero attached hydrogens (tertiary/aromatic N) is 1. The molecule has 0 aliphatic rings. The highest BCUT2D eigenvalue weighted by Gasteiger charge is 2.11. The summed E-state index contributed by atoms with van der Waals surface area (Å²) in [7, 11) is 0. The Bertz CT molecular complexity index is 369. The van der Waals surface area contributed by atoms with Gasteiger partial charge >= 0.3 is 6.09 Å². The van der Waals surface area contributed by atoms with E-state index in [-0.39, 0.29) is 0 Å². The van der Waals surface area contributed by atoms with E-state index in [4.69, 9.17) is 5.11 Å². The lowest BCUT2D eigenvalue weighted by Gasteiger charge is -2.08. The lowest BCUT2D eigenvalue weighted by Crippen LogP contribution is -2.10. The van der Waals surface area contributed by atoms with Crippen LogP contribution in [0.1, 0.15) is 12.5 Å². The SMILES string of the molecule is CCc1c(Br)cnc(NC(=O)O)c1Br. The summed E-state index contributed by atoms with van der Waals surface area (Å²) in [5, 5.41) is 10.8. The number of hydrogen-bond donors (Lipinski definition) is 2. The molecule has 76 valence electrons. The predicted octanol–water partition coefficient (Wildman–Crippen LogP) is 3.26. The van der Waals surface area contributed by atoms with Gasteiger partial charge in [-0.15, -0.1) is 0 Å². The fourth-order valence-corrected chi connectivity index (χ4v) is 2.56. The first kappa shape index (κ1) is 11.5. The highest BCUT2D eigenvalue weighted by atomic mass is 79.9. The molecule has 0 radical (unpaired) electrons. The van der Waals surface area contributed by atoms with E-state index in [2.05, 4.69) is 42.2 Å². The molecule has 2 N–H and O–H groups in total. The maximum absolute atomic E-state index is 10.4. The van der Waals surface area contributed by atoms with Crippen LogP contribution in [0.3, 0.4) is 0 Å². The summed E-state index contributed by atoms with van der Waals surface area (Å²) in [6.07, 6.45) is 1.25. The van der Waals surface area contributed by atoms with Crippen molar-refractivity contribution in [3.8, 4) is 0 Å². The third-order valence-corrected chi connectivity index (χ3v) is 3.18. The number of nitrogens with one attached hydrogen (secondary N) is 1. The van der Waals surface area contributed by atoms with Crippen molar-refractivity contribution in [1.29, 1.82) is 0 Å². The van der Waals surface area contributed by atoms with Crippen molar-refractivity contribution in [2.24, 2.45) is 0 Å². The van der Waals surface area contributed by atoms with Gasteiger partial charge in [0.2, 0.25) is 0 Å². The Labute approximate surface area is 98.0 Å². The lowest BCUT2D eigenvalue weighted by molar-refractivity contribution is 0.209. The minimum absolute atomic E-state index is 0.317. The number of halogens is 2. The second-order valence-corrected chi connectivity index (χ2v) is 4.18. The summed E-state index contributed by atoms with van der Waals surface area (Å²) in [6.45, 7) is 1.98. The van der Waals surface area contributed by atoms with Gasteiger partial charge in [0.15, 0.2) is 0 Å². The topological polar surface area (TPSA) is 62.2 Å². The summed E-state index contributed by atoms with van der Waals surface area (Å²) >= 11 is 6.64. The third kappa shape index (κ3) is 2.45. The normalized spacial score (nSPS) is 9.93. The minimum atomic E-state index is -1.12. The Morgan fingerprint density at radius 2 is 2.29 bits per heavy atom. The Hall–Kier alpha value is -0.620. The van der Waals surface area contributed by atoms with Gasteiger partial charge < -0.3 is 5.11 Å². The molecule has 0 aromatic carbocycles. The third-order valence-electron chi connectivity index (χ3n) is 1.65. The zero-order valence-electron chi connectivity index (χ0n) is 7.34. The van der Waals surface area contributed by atoms with Gasteiger partial charge in [-0.05, 0) is 43.8 Å². The minimum Gasteiger partial charge on any atom is -0.465 e. The molecule has 0 aliphatic carbocycles. The summed E-state index contributed by atoms with van der Waals surface area (Å²) in [6, 6.07) is 0. The van der Waals surface area contributed by atoms with E-state index in [9.17, 15) is 4.79 Å². The lowest BCUT2D eigenvalue weighted by atomic mass is 10.2. The van der Waals surface area contributed by atoms with Crippen LogP contribution in [-0.4, -0.2) is 16.2 Å². The van der Waals surface area contributed by atoms with Gasteiger partial charge in [0, 0.05) is 10.7 Å². The van der Waals surface area contributed by atoms with Crippen LogP contribution in [0.2, 0.25) is 0 Å². The maximum Gasteiger partial charge on any atom is 0.410 e. The fourth-order valence-electron chi connectivity index (χ4n) is 1.02. The quantitative estimate of drug-likeness (QED) is 0.878. The summed E-state index contributed by atoms with van der Waals surface area (Å²) in [5.41, 5.74) is 0.990. The molecule has 6 heteroatoms. The molecule has 0 unspecified atom stereocenters. The number of hydrogen-bond acceptors (Lipinski definition) is 2. The maximum atomic E-state index is 10.4. The standard InChI is InChI=1S/C8H8Br2N2O2/c1-2-4-5(9)3-11-7(6(4)10)12-8(13)14/h3H,2H2,1H3,(H,11,12)(H,13,14). The van der Waals surface area contributed by atoms with Gasteiger partial charge in [-0.1, -0.05) is 6.92 Å². The van der Waals surface area contributed by atoms with Crippen molar-refractivity contribution in [1.82, 2.24) is 4.98 Å². The van der Waals surface area contributed by atoms with Crippen molar-refractivity contribution < 1.29 is 9.90 Å². The molecule has 4 nitrogen and oxygen atoms in total. The highest BCUT2D eigenvalue weighted by Crippen LogP contribution is 2.30. The molecule has 0 fully saturated rings. The van der Waals surface area contributed by atoms with Gasteiger partial charge in [-0.3, -0.25) is 5.32 Å². The van der Waals surface area contributed by atoms with Crippen LogP contribution in [-0.2, 0) is 6.42 Å². The molecule has 0 saturated heterocycles. The molecule has 0 saturated carbocycles. The monoisotopic (exact) mass is 322 g/mol. The van der Waals surface area contributed by atoms with Crippen molar-refractivity contribution in [3.63, 3.8) is 0 Å². The van der Waals surface area contributed by atoms with Crippen LogP contribution < -0.4 is 5.32 Å². The molecular formula is C8H8Br2N2O2. The first-order valence-electron chi connectivity index (χ1n) is 3.89. The van der Waals surface area contributed by atoms with E-state index in [1.807, 2.05) is 6.92 Å². The molecule has 1 heterocycles. The molecule has 1 rings (SSSR count). The molecular weight excluding hydrogens is 316 g/mol. The average molecular weight is 324 g/mol. The highest BCUT2D eigenvalue weighted by molar-refractivity contribution is 9.11. The molecule has 0 bridgehead atoms. The van der Waals surface area contributed by atoms with E-state index >= 15 is 0 Å². The zero-order valence-corrected chi connectivity index (χ0v) is 10.5. The molecule has 1 amide bonds. The van der Waals surface area contributed by atoms with Crippen LogP contribution in [0.15, 0.2) is 15.1 Å². The number of aromatic nitrogens is 1. The Morgan fingerprint density at radius 3 is 2.79 bits per heavy atom. The van der Waals surface area contributed by atoms with E-state index in [0.29, 0.717) is 10.3 Å². The van der Waals surface area contributed by atoms with Crippen LogP contribution >= 0.6 is 31.9 Å². The number of pyridine rings is 1. The summed E-state index contributed by atoms with van der Waals surface area (Å²) < 4.78 is 1.54. The molecule has 14 heavy (non-hydrogen) atoms. The number of carboxylic acid groups (broad SMARTS) is 1. The van der Waals surface area contributed by atoms with Crippen molar-refractivity contribution in [2.45, 2.75) is 13.3 Å². The van der Waals surface area contributed by atoms with Crippen molar-refractivity contribution in [3.05, 3.63) is 20.7 Å². The van der Waals surface area contributed by atoms with Crippen LogP contribution in [0.25, 0.3) is 0 Å². The first-order chi connectivity index (χ1) is 6.56. The second-order valence-electron chi connectivity index (χ2n) is 2.53. The number of amides is 1. The summed E-state index contributed by atoms with van der Waals surface area (Å²) in [5.74, 6) is 0.317. The first-order valence-corrected chi connectivity index (χ1v) is 5.47. The number of carbonyl (C=O) groups is 1. The Kier molecular flexibility index (Phi) is 3.88. The molecule has 0 aliphatic heterocycles. The van der Waals surface area contributed by atoms with Crippen LogP contribution in [0.5, 0.6) is 0 Å². The largest absolute Gasteiger partial charge is 0.465 e. The summed E-state index contributed by atoms with van der Waals surface area (Å²) in [4.78, 5) is 14.4. The van der Waals surface area contributed by atoms with Crippen molar-refractivity contribution >= 4 is 43.8 Å². The van der Waals surface area contributed by atoms with Gasteiger partial charge in [0.1, 0.15) is 5.82 Å². The molecule has 0 atom stereocenters. The van der Waals surface area contributed by atoms with Gasteiger partial charge in [0.25, 0.3) is 0 Å². The van der Waals surface area contributed by atoms with Crippen molar-refractivity contribution in [2.75, 3.05) is 5.32 Å². The Morgan fingerprint density at radius 1 is 1.64 bits per heavy atom. The van der Waals surface area contributed by atoms with Crippen LogP contribution in [0, 0.1) is 0 Å². The van der Waals surface area contributed by atoms with E-state index < -0.39 is 6.09 Å². The molecule has 1 aromatic rings. The van der Waals surface area contributed by atoms with Gasteiger partial charge in [0.05, 0.1) is 4.47 Å². The van der Waals surface area contributed by atoms with Gasteiger partial charge in [-0.2, -0.15) is 0 Å². The van der Waals surface area contributed by atoms with Gasteiger partial charge in [-0.25, -0.2) is 9.78 Å². The smallest absolute Gasteiger partial charge is 0.410 e. The van der Waals surface area contributed by atoms with Crippen LogP contribution in [0.4, 0.5) is 10.6 Å². The van der Waals surface area contributed by atoms with E-state index in [1.54, 1.807) is 6.20 Å². The zero-order chi connectivity index (χ0) is 10.7. The fraction of sp³-hybridized carbons (Fsp3) is 0.250.